The molecule has 8 nitrogen and oxygen atoms in total. The maximum atomic E-state index is 13.2. The Kier molecular flexibility index (Phi) is 9.88. The molecule has 0 atom stereocenters. The summed E-state index contributed by atoms with van der Waals surface area (Å²) in [6, 6.07) is 7.55. The molecule has 0 bridgehead atoms. The maximum absolute atomic E-state index is 13.2. The van der Waals surface area contributed by atoms with Gasteiger partial charge in [-0.3, -0.25) is 9.59 Å². The van der Waals surface area contributed by atoms with Crippen molar-refractivity contribution in [3.8, 4) is 0 Å². The summed E-state index contributed by atoms with van der Waals surface area (Å²) in [7, 11) is 1.96. The number of nitrogens with zero attached hydrogens (tertiary/aromatic N) is 3. The van der Waals surface area contributed by atoms with Crippen molar-refractivity contribution in [2.45, 2.75) is 59.9 Å². The van der Waals surface area contributed by atoms with Crippen LogP contribution in [0.3, 0.4) is 0 Å². The average Bonchev–Trinajstić information content (AvgIpc) is 3.26. The van der Waals surface area contributed by atoms with Crippen molar-refractivity contribution in [3.05, 3.63) is 56.8 Å². The molecule has 2 amide bonds. The minimum absolute atomic E-state index is 0.0835. The number of amides is 2. The molecule has 1 aromatic heterocycles. The molecule has 1 aliphatic heterocycles. The number of anilines is 1. The minimum Gasteiger partial charge on any atom is -0.395 e. The predicted octanol–water partition coefficient (Wildman–Crippen LogP) is 5.48. The van der Waals surface area contributed by atoms with E-state index >= 15 is 0 Å². The second-order valence-electron chi connectivity index (χ2n) is 11.8. The Morgan fingerprint density at radius 2 is 1.85 bits per heavy atom. The lowest BCUT2D eigenvalue weighted by Gasteiger charge is -2.33. The number of aliphatic hydroxyl groups is 1. The molecule has 0 saturated carbocycles. The molecule has 3 aromatic rings. The van der Waals surface area contributed by atoms with Gasteiger partial charge in [-0.05, 0) is 68.4 Å². The molecule has 2 aromatic carbocycles. The van der Waals surface area contributed by atoms with Gasteiger partial charge in [0.25, 0.3) is 5.91 Å². The van der Waals surface area contributed by atoms with Crippen LogP contribution < -0.4 is 15.5 Å². The first kappa shape index (κ1) is 31.1. The van der Waals surface area contributed by atoms with Crippen LogP contribution in [0.2, 0.25) is 10.0 Å². The molecule has 0 unspecified atom stereocenters. The summed E-state index contributed by atoms with van der Waals surface area (Å²) in [4.78, 5) is 32.9. The smallest absolute Gasteiger partial charge is 0.253 e. The normalized spacial score (nSPS) is 14.5. The third-order valence-corrected chi connectivity index (χ3v) is 8.87. The van der Waals surface area contributed by atoms with Crippen molar-refractivity contribution in [3.63, 3.8) is 0 Å². The fourth-order valence-electron chi connectivity index (χ4n) is 5.05. The molecule has 2 heterocycles. The highest BCUT2D eigenvalue weighted by Gasteiger charge is 2.27. The number of imidazole rings is 1. The Morgan fingerprint density at radius 3 is 2.51 bits per heavy atom. The number of halogens is 2. The second-order valence-corrected chi connectivity index (χ2v) is 12.6. The van der Waals surface area contributed by atoms with E-state index in [0.717, 1.165) is 60.5 Å². The quantitative estimate of drug-likeness (QED) is 0.286. The van der Waals surface area contributed by atoms with E-state index in [-0.39, 0.29) is 25.0 Å². The van der Waals surface area contributed by atoms with Gasteiger partial charge >= 0.3 is 0 Å². The van der Waals surface area contributed by atoms with E-state index < -0.39 is 5.41 Å². The number of hydrogen-bond donors (Lipinski definition) is 3. The zero-order valence-electron chi connectivity index (χ0n) is 24.6. The van der Waals surface area contributed by atoms with Crippen molar-refractivity contribution in [1.29, 1.82) is 0 Å². The Labute approximate surface area is 252 Å². The molecule has 0 spiro atoms. The number of aliphatic hydroxyl groups excluding tert-OH is 1. The van der Waals surface area contributed by atoms with Crippen molar-refractivity contribution in [1.82, 2.24) is 20.2 Å². The monoisotopic (exact) mass is 601 g/mol. The molecule has 3 N–H and O–H groups in total. The summed E-state index contributed by atoms with van der Waals surface area (Å²) < 4.78 is 2.03. The van der Waals surface area contributed by atoms with Gasteiger partial charge in [-0.25, -0.2) is 4.98 Å². The number of nitrogens with one attached hydrogen (secondary N) is 2. The van der Waals surface area contributed by atoms with Gasteiger partial charge in [0, 0.05) is 44.7 Å². The van der Waals surface area contributed by atoms with E-state index in [1.807, 2.05) is 24.6 Å². The lowest BCUT2D eigenvalue weighted by molar-refractivity contribution is -0.131. The highest BCUT2D eigenvalue weighted by Crippen LogP contribution is 2.34. The number of hydrogen-bond acceptors (Lipinski definition) is 5. The largest absolute Gasteiger partial charge is 0.395 e. The molecule has 0 aliphatic carbocycles. The van der Waals surface area contributed by atoms with E-state index in [2.05, 4.69) is 28.5 Å². The summed E-state index contributed by atoms with van der Waals surface area (Å²) in [6.45, 7) is 10.1. The van der Waals surface area contributed by atoms with Crippen molar-refractivity contribution in [2.75, 3.05) is 31.1 Å². The van der Waals surface area contributed by atoms with Gasteiger partial charge in [0.1, 0.15) is 5.82 Å². The van der Waals surface area contributed by atoms with Gasteiger partial charge in [0.15, 0.2) is 0 Å². The fourth-order valence-corrected chi connectivity index (χ4v) is 5.62. The van der Waals surface area contributed by atoms with Gasteiger partial charge in [0.2, 0.25) is 5.91 Å². The Morgan fingerprint density at radius 1 is 1.15 bits per heavy atom. The summed E-state index contributed by atoms with van der Waals surface area (Å²) in [5.74, 6) is 1.09. The standard InChI is InChI=1S/C31H41Cl2N5O3/c1-6-11-34-29(40)22-14-24-26(16-25(22)38-12-9-19(2)10-13-38)37(5)27(36-24)15-21-23(32)8-7-20(28(21)33)17-35-30(41)31(3,4)18-39/h7-8,14,16,19,39H,6,9-13,15,17-18H2,1-5H3,(H,34,40)(H,35,41). The van der Waals surface area contributed by atoms with E-state index in [1.54, 1.807) is 26.0 Å². The van der Waals surface area contributed by atoms with Crippen LogP contribution in [0, 0.1) is 11.3 Å². The summed E-state index contributed by atoms with van der Waals surface area (Å²) in [5, 5.41) is 16.4. The number of carbonyl (C=O) groups is 2. The van der Waals surface area contributed by atoms with Crippen molar-refractivity contribution in [2.24, 2.45) is 18.4 Å². The van der Waals surface area contributed by atoms with Crippen LogP contribution in [0.1, 0.15) is 74.3 Å². The molecule has 1 fully saturated rings. The third kappa shape index (κ3) is 6.82. The van der Waals surface area contributed by atoms with Crippen LogP contribution in [0.15, 0.2) is 24.3 Å². The van der Waals surface area contributed by atoms with E-state index in [4.69, 9.17) is 28.2 Å². The zero-order valence-corrected chi connectivity index (χ0v) is 26.1. The Bertz CT molecular complexity index is 1430. The molecule has 41 heavy (non-hydrogen) atoms. The summed E-state index contributed by atoms with van der Waals surface area (Å²) in [5.41, 5.74) is 3.79. The van der Waals surface area contributed by atoms with Crippen molar-refractivity contribution < 1.29 is 14.7 Å². The van der Waals surface area contributed by atoms with Gasteiger partial charge in [-0.2, -0.15) is 0 Å². The third-order valence-electron chi connectivity index (χ3n) is 8.05. The first-order valence-electron chi connectivity index (χ1n) is 14.3. The van der Waals surface area contributed by atoms with Crippen LogP contribution in [-0.2, 0) is 24.8 Å². The van der Waals surface area contributed by atoms with Crippen LogP contribution >= 0.6 is 23.2 Å². The number of carbonyl (C=O) groups excluding carboxylic acids is 2. The maximum Gasteiger partial charge on any atom is 0.253 e. The Balaban J connectivity index is 1.68. The lowest BCUT2D eigenvalue weighted by atomic mass is 9.93. The van der Waals surface area contributed by atoms with E-state index in [1.165, 1.54) is 0 Å². The molecule has 222 valence electrons. The number of aromatic nitrogens is 2. The van der Waals surface area contributed by atoms with Gasteiger partial charge in [-0.1, -0.05) is 43.1 Å². The zero-order chi connectivity index (χ0) is 29.9. The number of aryl methyl sites for hydroxylation is 1. The van der Waals surface area contributed by atoms with Gasteiger partial charge < -0.3 is 25.2 Å². The van der Waals surface area contributed by atoms with Crippen LogP contribution in [-0.4, -0.2) is 52.7 Å². The lowest BCUT2D eigenvalue weighted by Crippen LogP contribution is -2.38. The summed E-state index contributed by atoms with van der Waals surface area (Å²) in [6.07, 6.45) is 3.42. The van der Waals surface area contributed by atoms with Crippen LogP contribution in [0.5, 0.6) is 0 Å². The van der Waals surface area contributed by atoms with Crippen LogP contribution in [0.4, 0.5) is 5.69 Å². The molecule has 4 rings (SSSR count). The van der Waals surface area contributed by atoms with Gasteiger partial charge in [0.05, 0.1) is 39.3 Å². The SMILES string of the molecule is CCCNC(=O)c1cc2nc(Cc3c(Cl)ccc(CNC(=O)C(C)(C)CO)c3Cl)n(C)c2cc1N1CCC(C)CC1. The Hall–Kier alpha value is -2.81. The first-order chi connectivity index (χ1) is 19.5. The molecule has 1 saturated heterocycles. The number of rotatable bonds is 10. The van der Waals surface area contributed by atoms with E-state index in [0.29, 0.717) is 40.1 Å². The number of benzene rings is 2. The number of piperidine rings is 1. The van der Waals surface area contributed by atoms with Crippen LogP contribution in [0.25, 0.3) is 11.0 Å². The summed E-state index contributed by atoms with van der Waals surface area (Å²) >= 11 is 13.4. The molecule has 1 aliphatic rings. The molecular weight excluding hydrogens is 561 g/mol. The first-order valence-corrected chi connectivity index (χ1v) is 15.1. The second kappa shape index (κ2) is 13.0. The predicted molar refractivity (Wildman–Crippen MR) is 166 cm³/mol. The minimum atomic E-state index is -0.896. The average molecular weight is 603 g/mol. The number of fused-ring (bicyclic) bond motifs is 1. The highest BCUT2D eigenvalue weighted by molar-refractivity contribution is 6.36. The molecule has 10 heteroatoms. The van der Waals surface area contributed by atoms with Crippen molar-refractivity contribution >= 4 is 51.7 Å². The molecule has 0 radical (unpaired) electrons. The fraction of sp³-hybridized carbons (Fsp3) is 0.516. The van der Waals surface area contributed by atoms with E-state index in [9.17, 15) is 14.7 Å². The topological polar surface area (TPSA) is 99.5 Å². The molecular formula is C31H41Cl2N5O3. The highest BCUT2D eigenvalue weighted by atomic mass is 35.5. The van der Waals surface area contributed by atoms with Gasteiger partial charge in [-0.15, -0.1) is 0 Å².